The number of nitrogens with one attached hydrogen (secondary N) is 1. The van der Waals surface area contributed by atoms with Crippen molar-refractivity contribution in [3.8, 4) is 17.2 Å². The monoisotopic (exact) mass is 532 g/mol. The van der Waals surface area contributed by atoms with E-state index in [4.69, 9.17) is 25.8 Å². The van der Waals surface area contributed by atoms with Gasteiger partial charge in [-0.15, -0.1) is 0 Å². The van der Waals surface area contributed by atoms with Crippen molar-refractivity contribution in [2.24, 2.45) is 0 Å². The highest BCUT2D eigenvalue weighted by atomic mass is 35.5. The molecule has 36 heavy (non-hydrogen) atoms. The normalized spacial score (nSPS) is 11.9. The highest BCUT2D eigenvalue weighted by Gasteiger charge is 2.28. The van der Waals surface area contributed by atoms with Crippen LogP contribution in [0.3, 0.4) is 0 Å². The van der Waals surface area contributed by atoms with Crippen LogP contribution in [0.25, 0.3) is 0 Å². The lowest BCUT2D eigenvalue weighted by Crippen LogP contribution is -2.41. The van der Waals surface area contributed by atoms with Crippen LogP contribution in [0.2, 0.25) is 5.02 Å². The molecule has 10 heteroatoms. The van der Waals surface area contributed by atoms with E-state index in [0.717, 1.165) is 15.4 Å². The van der Waals surface area contributed by atoms with Gasteiger partial charge in [0.15, 0.2) is 11.5 Å². The lowest BCUT2D eigenvalue weighted by Gasteiger charge is -2.25. The van der Waals surface area contributed by atoms with Crippen molar-refractivity contribution in [2.45, 2.75) is 24.8 Å². The molecule has 0 aliphatic heterocycles. The van der Waals surface area contributed by atoms with Gasteiger partial charge in [-0.1, -0.05) is 35.4 Å². The standard InChI is InChI=1S/C26H29ClN2O6S/c1-17-6-10-21(11-7-17)36(31,32)29(20-9-13-23(33-3)22(27)15-20)16-26(30)28-18(2)19-8-12-24(34-4)25(14-19)35-5/h6-15,18H,16H2,1-5H3,(H,28,30)/t18-/m1/s1. The van der Waals surface area contributed by atoms with Crippen LogP contribution < -0.4 is 23.8 Å². The smallest absolute Gasteiger partial charge is 0.264 e. The van der Waals surface area contributed by atoms with Crippen molar-refractivity contribution in [2.75, 3.05) is 32.2 Å². The van der Waals surface area contributed by atoms with E-state index in [1.807, 2.05) is 6.92 Å². The van der Waals surface area contributed by atoms with Crippen LogP contribution in [-0.2, 0) is 14.8 Å². The van der Waals surface area contributed by atoms with Gasteiger partial charge in [0.2, 0.25) is 5.91 Å². The number of amides is 1. The first-order valence-corrected chi connectivity index (χ1v) is 12.9. The Balaban J connectivity index is 1.92. The lowest BCUT2D eigenvalue weighted by atomic mass is 10.1. The quantitative estimate of drug-likeness (QED) is 0.405. The second kappa shape index (κ2) is 11.5. The van der Waals surface area contributed by atoms with E-state index in [-0.39, 0.29) is 15.6 Å². The second-order valence-electron chi connectivity index (χ2n) is 8.05. The molecule has 1 N–H and O–H groups in total. The molecule has 1 atom stereocenters. The Morgan fingerprint density at radius 3 is 2.11 bits per heavy atom. The van der Waals surface area contributed by atoms with Gasteiger partial charge < -0.3 is 19.5 Å². The van der Waals surface area contributed by atoms with E-state index in [2.05, 4.69) is 5.32 Å². The van der Waals surface area contributed by atoms with Crippen molar-refractivity contribution >= 4 is 33.2 Å². The van der Waals surface area contributed by atoms with Crippen molar-refractivity contribution in [3.63, 3.8) is 0 Å². The van der Waals surface area contributed by atoms with E-state index in [1.54, 1.807) is 49.4 Å². The van der Waals surface area contributed by atoms with E-state index in [1.165, 1.54) is 39.5 Å². The maximum absolute atomic E-state index is 13.6. The molecule has 3 aromatic rings. The number of rotatable bonds is 10. The van der Waals surface area contributed by atoms with E-state index in [0.29, 0.717) is 17.2 Å². The topological polar surface area (TPSA) is 94.2 Å². The van der Waals surface area contributed by atoms with Gasteiger partial charge in [-0.05, 0) is 61.9 Å². The average Bonchev–Trinajstić information content (AvgIpc) is 2.86. The first-order chi connectivity index (χ1) is 17.1. The summed E-state index contributed by atoms with van der Waals surface area (Å²) < 4.78 is 44.0. The van der Waals surface area contributed by atoms with Crippen molar-refractivity contribution in [1.82, 2.24) is 5.32 Å². The third-order valence-electron chi connectivity index (χ3n) is 5.60. The zero-order valence-corrected chi connectivity index (χ0v) is 22.3. The molecule has 0 spiro atoms. The fraction of sp³-hybridized carbons (Fsp3) is 0.269. The highest BCUT2D eigenvalue weighted by Crippen LogP contribution is 2.33. The Bertz CT molecular complexity index is 1330. The van der Waals surface area contributed by atoms with Gasteiger partial charge in [0.25, 0.3) is 10.0 Å². The summed E-state index contributed by atoms with van der Waals surface area (Å²) in [6.07, 6.45) is 0. The number of sulfonamides is 1. The predicted octanol–water partition coefficient (Wildman–Crippen LogP) is 4.75. The molecular weight excluding hydrogens is 504 g/mol. The first kappa shape index (κ1) is 27.2. The third kappa shape index (κ3) is 6.03. The molecule has 0 heterocycles. The number of anilines is 1. The number of aryl methyl sites for hydroxylation is 1. The molecule has 3 rings (SSSR count). The molecule has 0 saturated heterocycles. The minimum Gasteiger partial charge on any atom is -0.495 e. The molecular formula is C26H29ClN2O6S. The molecule has 8 nitrogen and oxygen atoms in total. The van der Waals surface area contributed by atoms with Gasteiger partial charge in [0.05, 0.1) is 43.0 Å². The van der Waals surface area contributed by atoms with Crippen LogP contribution in [0.4, 0.5) is 5.69 Å². The van der Waals surface area contributed by atoms with E-state index in [9.17, 15) is 13.2 Å². The van der Waals surface area contributed by atoms with Gasteiger partial charge in [-0.2, -0.15) is 0 Å². The minimum absolute atomic E-state index is 0.0563. The van der Waals surface area contributed by atoms with Crippen LogP contribution in [0.5, 0.6) is 17.2 Å². The summed E-state index contributed by atoms with van der Waals surface area (Å²) in [5.74, 6) is 0.971. The zero-order chi connectivity index (χ0) is 26.5. The van der Waals surface area contributed by atoms with Gasteiger partial charge in [-0.25, -0.2) is 8.42 Å². The number of hydrogen-bond acceptors (Lipinski definition) is 6. The molecule has 0 aliphatic carbocycles. The molecule has 0 aromatic heterocycles. The molecule has 0 radical (unpaired) electrons. The molecule has 0 fully saturated rings. The van der Waals surface area contributed by atoms with Crippen molar-refractivity contribution in [3.05, 3.63) is 76.8 Å². The number of benzene rings is 3. The maximum Gasteiger partial charge on any atom is 0.264 e. The highest BCUT2D eigenvalue weighted by molar-refractivity contribution is 7.92. The van der Waals surface area contributed by atoms with Crippen molar-refractivity contribution < 1.29 is 27.4 Å². The Kier molecular flexibility index (Phi) is 8.70. The number of ether oxygens (including phenoxy) is 3. The molecule has 3 aromatic carbocycles. The SMILES string of the molecule is COc1ccc(N(CC(=O)N[C@H](C)c2ccc(OC)c(OC)c2)S(=O)(=O)c2ccc(C)cc2)cc1Cl. The molecule has 192 valence electrons. The molecule has 1 amide bonds. The summed E-state index contributed by atoms with van der Waals surface area (Å²) in [6.45, 7) is 3.19. The number of carbonyl (C=O) groups is 1. The van der Waals surface area contributed by atoms with Gasteiger partial charge >= 0.3 is 0 Å². The fourth-order valence-electron chi connectivity index (χ4n) is 3.59. The zero-order valence-electron chi connectivity index (χ0n) is 20.7. The Morgan fingerprint density at radius 1 is 0.917 bits per heavy atom. The second-order valence-corrected chi connectivity index (χ2v) is 10.3. The predicted molar refractivity (Wildman–Crippen MR) is 140 cm³/mol. The van der Waals surface area contributed by atoms with Crippen molar-refractivity contribution in [1.29, 1.82) is 0 Å². The summed E-state index contributed by atoms with van der Waals surface area (Å²) in [4.78, 5) is 13.2. The summed E-state index contributed by atoms with van der Waals surface area (Å²) in [5, 5.41) is 3.08. The van der Waals surface area contributed by atoms with Crippen LogP contribution in [0.15, 0.2) is 65.6 Å². The van der Waals surface area contributed by atoms with Gasteiger partial charge in [0, 0.05) is 0 Å². The number of nitrogens with zero attached hydrogens (tertiary/aromatic N) is 1. The first-order valence-electron chi connectivity index (χ1n) is 11.0. The molecule has 0 bridgehead atoms. The summed E-state index contributed by atoms with van der Waals surface area (Å²) in [5.41, 5.74) is 1.91. The van der Waals surface area contributed by atoms with Crippen LogP contribution in [-0.4, -0.2) is 42.2 Å². The van der Waals surface area contributed by atoms with Crippen LogP contribution in [0.1, 0.15) is 24.1 Å². The van der Waals surface area contributed by atoms with Gasteiger partial charge in [0.1, 0.15) is 12.3 Å². The minimum atomic E-state index is -4.09. The number of halogens is 1. The molecule has 0 aliphatic rings. The molecule has 0 saturated carbocycles. The van der Waals surface area contributed by atoms with Crippen LogP contribution >= 0.6 is 11.6 Å². The Hall–Kier alpha value is -3.43. The summed E-state index contributed by atoms with van der Waals surface area (Å²) in [7, 11) is 0.443. The van der Waals surface area contributed by atoms with Gasteiger partial charge in [-0.3, -0.25) is 9.10 Å². The van der Waals surface area contributed by atoms with E-state index < -0.39 is 28.5 Å². The number of carbonyl (C=O) groups excluding carboxylic acids is 1. The number of methoxy groups -OCH3 is 3. The maximum atomic E-state index is 13.6. The largest absolute Gasteiger partial charge is 0.495 e. The molecule has 0 unspecified atom stereocenters. The summed E-state index contributed by atoms with van der Waals surface area (Å²) >= 11 is 6.28. The summed E-state index contributed by atoms with van der Waals surface area (Å²) in [6, 6.07) is 15.8. The fourth-order valence-corrected chi connectivity index (χ4v) is 5.25. The third-order valence-corrected chi connectivity index (χ3v) is 7.69. The van der Waals surface area contributed by atoms with Crippen LogP contribution in [0, 0.1) is 6.92 Å². The Labute approximate surface area is 216 Å². The van der Waals surface area contributed by atoms with E-state index >= 15 is 0 Å². The number of hydrogen-bond donors (Lipinski definition) is 1. The average molecular weight is 533 g/mol. The Morgan fingerprint density at radius 2 is 1.53 bits per heavy atom. The lowest BCUT2D eigenvalue weighted by molar-refractivity contribution is -0.120.